The third kappa shape index (κ3) is 4.49. The zero-order valence-corrected chi connectivity index (χ0v) is 20.5. The summed E-state index contributed by atoms with van der Waals surface area (Å²) in [6, 6.07) is 0. The topological polar surface area (TPSA) is 81.2 Å². The number of aromatic nitrogens is 2. The molecule has 1 unspecified atom stereocenters. The van der Waals surface area contributed by atoms with Crippen molar-refractivity contribution in [2.75, 3.05) is 17.7 Å². The van der Waals surface area contributed by atoms with Gasteiger partial charge in [-0.2, -0.15) is 0 Å². The smallest absolute Gasteiger partial charge is 0.350 e. The van der Waals surface area contributed by atoms with Gasteiger partial charge in [-0.25, -0.2) is 14.8 Å². The van der Waals surface area contributed by atoms with Crippen LogP contribution in [0.25, 0.3) is 10.2 Å². The molecular formula is C22H25N3O3S3. The highest BCUT2D eigenvalue weighted by Crippen LogP contribution is 2.40. The molecule has 4 rings (SSSR count). The van der Waals surface area contributed by atoms with Crippen molar-refractivity contribution in [1.82, 2.24) is 9.97 Å². The van der Waals surface area contributed by atoms with E-state index in [1.165, 1.54) is 32.9 Å². The first-order valence-corrected chi connectivity index (χ1v) is 13.0. The van der Waals surface area contributed by atoms with Crippen LogP contribution in [0.2, 0.25) is 0 Å². The van der Waals surface area contributed by atoms with E-state index in [9.17, 15) is 9.59 Å². The fraction of sp³-hybridized carbons (Fsp3) is 0.455. The van der Waals surface area contributed by atoms with Crippen LogP contribution in [0, 0.1) is 19.8 Å². The Morgan fingerprint density at radius 1 is 1.29 bits per heavy atom. The molecule has 1 N–H and O–H groups in total. The maximum Gasteiger partial charge on any atom is 0.350 e. The predicted molar refractivity (Wildman–Crippen MR) is 128 cm³/mol. The monoisotopic (exact) mass is 475 g/mol. The molecule has 0 spiro atoms. The van der Waals surface area contributed by atoms with Crippen LogP contribution in [0.4, 0.5) is 5.69 Å². The molecule has 0 fully saturated rings. The van der Waals surface area contributed by atoms with Crippen LogP contribution in [0.5, 0.6) is 0 Å². The molecule has 1 aliphatic rings. The number of aryl methyl sites for hydroxylation is 2. The number of amides is 1. The van der Waals surface area contributed by atoms with Crippen molar-refractivity contribution in [3.63, 3.8) is 0 Å². The van der Waals surface area contributed by atoms with E-state index in [1.54, 1.807) is 24.6 Å². The number of thioether (sulfide) groups is 1. The lowest BCUT2D eigenvalue weighted by atomic mass is 9.89. The Kier molecular flexibility index (Phi) is 6.64. The molecule has 0 bridgehead atoms. The second-order valence-corrected chi connectivity index (χ2v) is 11.0. The minimum absolute atomic E-state index is 0.147. The van der Waals surface area contributed by atoms with Gasteiger partial charge in [0.25, 0.3) is 0 Å². The third-order valence-electron chi connectivity index (χ3n) is 5.51. The lowest BCUT2D eigenvalue weighted by Gasteiger charge is -2.19. The Labute approximate surface area is 193 Å². The van der Waals surface area contributed by atoms with Gasteiger partial charge in [0.05, 0.1) is 18.0 Å². The molecule has 0 aliphatic heterocycles. The molecule has 3 aromatic rings. The van der Waals surface area contributed by atoms with Gasteiger partial charge in [-0.05, 0) is 57.1 Å². The molecule has 0 aromatic carbocycles. The maximum atomic E-state index is 12.9. The van der Waals surface area contributed by atoms with Crippen molar-refractivity contribution in [1.29, 1.82) is 0 Å². The van der Waals surface area contributed by atoms with Gasteiger partial charge in [0.1, 0.15) is 21.1 Å². The highest BCUT2D eigenvalue weighted by atomic mass is 32.2. The standard InChI is InChI=1S/C22H25N3O3S3/c1-5-28-22(27)19-18(14-7-6-11(2)8-15(14)31-19)25-16(26)9-29-20-17-12(3)13(4)30-21(17)24-10-23-20/h10-11H,5-9H2,1-4H3,(H,25,26). The third-order valence-corrected chi connectivity index (χ3v) is 8.85. The minimum atomic E-state index is -0.362. The van der Waals surface area contributed by atoms with Gasteiger partial charge >= 0.3 is 5.97 Å². The van der Waals surface area contributed by atoms with Crippen LogP contribution >= 0.6 is 34.4 Å². The summed E-state index contributed by atoms with van der Waals surface area (Å²) >= 11 is 4.50. The zero-order valence-electron chi connectivity index (χ0n) is 18.0. The summed E-state index contributed by atoms with van der Waals surface area (Å²) in [6.45, 7) is 8.45. The molecule has 9 heteroatoms. The molecule has 3 aromatic heterocycles. The van der Waals surface area contributed by atoms with E-state index in [0.717, 1.165) is 45.6 Å². The van der Waals surface area contributed by atoms with Crippen LogP contribution in [0.15, 0.2) is 11.4 Å². The Hall–Kier alpha value is -1.97. The number of hydrogen-bond acceptors (Lipinski definition) is 8. The Morgan fingerprint density at radius 2 is 2.10 bits per heavy atom. The highest BCUT2D eigenvalue weighted by Gasteiger charge is 2.28. The van der Waals surface area contributed by atoms with Gasteiger partial charge in [-0.1, -0.05) is 18.7 Å². The Morgan fingerprint density at radius 3 is 2.87 bits per heavy atom. The van der Waals surface area contributed by atoms with Crippen molar-refractivity contribution in [3.05, 3.63) is 32.1 Å². The second-order valence-electron chi connectivity index (χ2n) is 7.76. The molecule has 1 atom stereocenters. The lowest BCUT2D eigenvalue weighted by molar-refractivity contribution is -0.113. The van der Waals surface area contributed by atoms with Crippen molar-refractivity contribution >= 4 is 62.2 Å². The number of rotatable bonds is 6. The number of hydrogen-bond donors (Lipinski definition) is 1. The molecule has 31 heavy (non-hydrogen) atoms. The summed E-state index contributed by atoms with van der Waals surface area (Å²) in [6.07, 6.45) is 4.41. The van der Waals surface area contributed by atoms with Crippen molar-refractivity contribution in [2.24, 2.45) is 5.92 Å². The quantitative estimate of drug-likeness (QED) is 0.292. The van der Waals surface area contributed by atoms with Crippen LogP contribution in [0.3, 0.4) is 0 Å². The number of fused-ring (bicyclic) bond motifs is 2. The first kappa shape index (κ1) is 22.2. The molecule has 0 radical (unpaired) electrons. The average molecular weight is 476 g/mol. The molecular weight excluding hydrogens is 450 g/mol. The summed E-state index contributed by atoms with van der Waals surface area (Å²) in [4.78, 5) is 38.0. The molecule has 0 saturated heterocycles. The summed E-state index contributed by atoms with van der Waals surface area (Å²) in [7, 11) is 0. The SMILES string of the molecule is CCOC(=O)c1sc2c(c1NC(=O)CSc1ncnc3sc(C)c(C)c13)CCC(C)C2. The number of ether oxygens (including phenoxy) is 1. The molecule has 1 aliphatic carbocycles. The van der Waals surface area contributed by atoms with Crippen molar-refractivity contribution < 1.29 is 14.3 Å². The molecule has 1 amide bonds. The van der Waals surface area contributed by atoms with Crippen molar-refractivity contribution in [2.45, 2.75) is 52.0 Å². The number of esters is 1. The van der Waals surface area contributed by atoms with Crippen LogP contribution < -0.4 is 5.32 Å². The lowest BCUT2D eigenvalue weighted by Crippen LogP contribution is -2.18. The van der Waals surface area contributed by atoms with E-state index in [2.05, 4.69) is 36.1 Å². The molecule has 164 valence electrons. The summed E-state index contributed by atoms with van der Waals surface area (Å²) < 4.78 is 5.25. The van der Waals surface area contributed by atoms with Crippen LogP contribution in [-0.4, -0.2) is 34.2 Å². The fourth-order valence-corrected chi connectivity index (χ4v) is 7.07. The number of carbonyl (C=O) groups excluding carboxylic acids is 2. The summed E-state index contributed by atoms with van der Waals surface area (Å²) in [5.41, 5.74) is 2.90. The first-order valence-electron chi connectivity index (χ1n) is 10.3. The molecule has 3 heterocycles. The van der Waals surface area contributed by atoms with Gasteiger partial charge in [-0.15, -0.1) is 22.7 Å². The van der Waals surface area contributed by atoms with Crippen LogP contribution in [-0.2, 0) is 22.4 Å². The largest absolute Gasteiger partial charge is 0.462 e. The van der Waals surface area contributed by atoms with Gasteiger partial charge in [-0.3, -0.25) is 4.79 Å². The van der Waals surface area contributed by atoms with E-state index < -0.39 is 0 Å². The zero-order chi connectivity index (χ0) is 22.1. The number of carbonyl (C=O) groups is 2. The van der Waals surface area contributed by atoms with E-state index >= 15 is 0 Å². The number of nitrogens with one attached hydrogen (secondary N) is 1. The van der Waals surface area contributed by atoms with E-state index in [1.807, 2.05) is 0 Å². The molecule has 0 saturated carbocycles. The highest BCUT2D eigenvalue weighted by molar-refractivity contribution is 8.00. The second kappa shape index (κ2) is 9.26. The van der Waals surface area contributed by atoms with E-state index in [-0.39, 0.29) is 17.6 Å². The normalized spacial score (nSPS) is 15.7. The Bertz CT molecular complexity index is 1150. The van der Waals surface area contributed by atoms with E-state index in [0.29, 0.717) is 23.1 Å². The predicted octanol–water partition coefficient (Wildman–Crippen LogP) is 5.40. The summed E-state index contributed by atoms with van der Waals surface area (Å²) in [5, 5.41) is 4.86. The number of nitrogens with zero attached hydrogens (tertiary/aromatic N) is 2. The van der Waals surface area contributed by atoms with Gasteiger partial charge in [0, 0.05) is 15.1 Å². The van der Waals surface area contributed by atoms with Gasteiger partial charge < -0.3 is 10.1 Å². The fourth-order valence-electron chi connectivity index (χ4n) is 3.79. The van der Waals surface area contributed by atoms with Gasteiger partial charge in [0.2, 0.25) is 5.91 Å². The van der Waals surface area contributed by atoms with E-state index in [4.69, 9.17) is 4.74 Å². The van der Waals surface area contributed by atoms with Gasteiger partial charge in [0.15, 0.2) is 0 Å². The molecule has 6 nitrogen and oxygen atoms in total. The average Bonchev–Trinajstić information content (AvgIpc) is 3.23. The van der Waals surface area contributed by atoms with Crippen molar-refractivity contribution in [3.8, 4) is 0 Å². The number of anilines is 1. The van der Waals surface area contributed by atoms with Crippen LogP contribution in [0.1, 0.15) is 50.8 Å². The Balaban J connectivity index is 1.54. The minimum Gasteiger partial charge on any atom is -0.462 e. The summed E-state index contributed by atoms with van der Waals surface area (Å²) in [5.74, 6) is 0.285. The number of thiophene rings is 2. The first-order chi connectivity index (χ1) is 14.9. The maximum absolute atomic E-state index is 12.9.